The molecule has 15 heavy (non-hydrogen) atoms. The van der Waals surface area contributed by atoms with Gasteiger partial charge in [-0.1, -0.05) is 0 Å². The molecule has 0 amide bonds. The van der Waals surface area contributed by atoms with Crippen molar-refractivity contribution in [1.29, 1.82) is 0 Å². The van der Waals surface area contributed by atoms with E-state index in [9.17, 15) is 0 Å². The summed E-state index contributed by atoms with van der Waals surface area (Å²) in [5.74, 6) is 0.607. The normalized spacial score (nSPS) is 24.6. The highest BCUT2D eigenvalue weighted by atomic mass is 35.5. The fourth-order valence-corrected chi connectivity index (χ4v) is 2.25. The maximum absolute atomic E-state index is 5.54. The van der Waals surface area contributed by atoms with E-state index in [1.54, 1.807) is 0 Å². The first-order valence-electron chi connectivity index (χ1n) is 6.00. The van der Waals surface area contributed by atoms with Gasteiger partial charge in [0.1, 0.15) is 0 Å². The summed E-state index contributed by atoms with van der Waals surface area (Å²) in [6.07, 6.45) is 2.86. The van der Waals surface area contributed by atoms with Crippen molar-refractivity contribution in [3.8, 4) is 0 Å². The van der Waals surface area contributed by atoms with Gasteiger partial charge in [0.15, 0.2) is 0 Å². The molecule has 0 unspecified atom stereocenters. The SMILES string of the molecule is ClCCOCCN1CCN(C2CC2)CC1. The first kappa shape index (κ1) is 11.6. The minimum atomic E-state index is 0.607. The lowest BCUT2D eigenvalue weighted by atomic mass is 10.3. The lowest BCUT2D eigenvalue weighted by Gasteiger charge is -2.34. The molecule has 0 N–H and O–H groups in total. The van der Waals surface area contributed by atoms with Crippen molar-refractivity contribution in [3.05, 3.63) is 0 Å². The third kappa shape index (κ3) is 3.91. The van der Waals surface area contributed by atoms with Gasteiger partial charge < -0.3 is 4.74 Å². The summed E-state index contributed by atoms with van der Waals surface area (Å²) < 4.78 is 5.38. The van der Waals surface area contributed by atoms with Crippen molar-refractivity contribution >= 4 is 11.6 Å². The lowest BCUT2D eigenvalue weighted by Crippen LogP contribution is -2.47. The van der Waals surface area contributed by atoms with Crippen molar-refractivity contribution in [2.75, 3.05) is 51.8 Å². The van der Waals surface area contributed by atoms with Crippen molar-refractivity contribution in [3.63, 3.8) is 0 Å². The summed E-state index contributed by atoms with van der Waals surface area (Å²) in [5, 5.41) is 0. The first-order chi connectivity index (χ1) is 7.40. The summed E-state index contributed by atoms with van der Waals surface area (Å²) in [4.78, 5) is 5.13. The quantitative estimate of drug-likeness (QED) is 0.503. The second kappa shape index (κ2) is 6.04. The molecule has 1 heterocycles. The maximum Gasteiger partial charge on any atom is 0.0602 e. The van der Waals surface area contributed by atoms with Crippen LogP contribution in [0.25, 0.3) is 0 Å². The van der Waals surface area contributed by atoms with Gasteiger partial charge in [-0.05, 0) is 12.8 Å². The Labute approximate surface area is 97.3 Å². The summed E-state index contributed by atoms with van der Waals surface area (Å²) >= 11 is 5.54. The topological polar surface area (TPSA) is 15.7 Å². The fourth-order valence-electron chi connectivity index (χ4n) is 2.14. The molecule has 0 aromatic rings. The van der Waals surface area contributed by atoms with Crippen LogP contribution < -0.4 is 0 Å². The summed E-state index contributed by atoms with van der Waals surface area (Å²) in [6, 6.07) is 0.930. The molecule has 2 fully saturated rings. The van der Waals surface area contributed by atoms with E-state index in [0.717, 1.165) is 19.2 Å². The van der Waals surface area contributed by atoms with E-state index in [4.69, 9.17) is 16.3 Å². The van der Waals surface area contributed by atoms with Gasteiger partial charge in [0, 0.05) is 44.6 Å². The van der Waals surface area contributed by atoms with E-state index in [-0.39, 0.29) is 0 Å². The van der Waals surface area contributed by atoms with Crippen molar-refractivity contribution in [1.82, 2.24) is 9.80 Å². The van der Waals surface area contributed by atoms with Crippen molar-refractivity contribution in [2.24, 2.45) is 0 Å². The molecule has 0 aromatic carbocycles. The Bertz CT molecular complexity index is 179. The third-order valence-corrected chi connectivity index (χ3v) is 3.40. The smallest absolute Gasteiger partial charge is 0.0602 e. The van der Waals surface area contributed by atoms with Crippen LogP contribution in [-0.4, -0.2) is 67.7 Å². The predicted octanol–water partition coefficient (Wildman–Crippen LogP) is 1.02. The largest absolute Gasteiger partial charge is 0.379 e. The van der Waals surface area contributed by atoms with Crippen molar-refractivity contribution in [2.45, 2.75) is 18.9 Å². The number of hydrogen-bond donors (Lipinski definition) is 0. The number of halogens is 1. The molecular weight excluding hydrogens is 212 g/mol. The van der Waals surface area contributed by atoms with Crippen LogP contribution in [0.5, 0.6) is 0 Å². The molecule has 0 aromatic heterocycles. The predicted molar refractivity (Wildman–Crippen MR) is 62.6 cm³/mol. The number of piperazine rings is 1. The molecule has 1 saturated heterocycles. The molecule has 2 rings (SSSR count). The summed E-state index contributed by atoms with van der Waals surface area (Å²) in [5.41, 5.74) is 0. The third-order valence-electron chi connectivity index (χ3n) is 3.24. The summed E-state index contributed by atoms with van der Waals surface area (Å²) in [7, 11) is 0. The molecule has 2 aliphatic rings. The molecule has 0 radical (unpaired) electrons. The molecule has 0 bridgehead atoms. The molecular formula is C11H21ClN2O. The monoisotopic (exact) mass is 232 g/mol. The van der Waals surface area contributed by atoms with Crippen LogP contribution >= 0.6 is 11.6 Å². The number of hydrogen-bond acceptors (Lipinski definition) is 3. The van der Waals surface area contributed by atoms with Crippen LogP contribution in [0.15, 0.2) is 0 Å². The van der Waals surface area contributed by atoms with E-state index in [2.05, 4.69) is 9.80 Å². The van der Waals surface area contributed by atoms with Crippen LogP contribution in [0.2, 0.25) is 0 Å². The second-order valence-corrected chi connectivity index (χ2v) is 4.79. The van der Waals surface area contributed by atoms with Gasteiger partial charge in [0.05, 0.1) is 13.2 Å². The Morgan fingerprint density at radius 1 is 1.07 bits per heavy atom. The van der Waals surface area contributed by atoms with E-state index in [0.29, 0.717) is 12.5 Å². The first-order valence-corrected chi connectivity index (χ1v) is 6.53. The zero-order valence-electron chi connectivity index (χ0n) is 9.33. The number of rotatable bonds is 6. The number of alkyl halides is 1. The maximum atomic E-state index is 5.54. The zero-order valence-corrected chi connectivity index (χ0v) is 10.1. The number of ether oxygens (including phenoxy) is 1. The Balaban J connectivity index is 1.53. The highest BCUT2D eigenvalue weighted by Crippen LogP contribution is 2.27. The van der Waals surface area contributed by atoms with Crippen LogP contribution in [0.1, 0.15) is 12.8 Å². The standard InChI is InChI=1S/C11H21ClN2O/c12-3-9-15-10-8-13-4-6-14(7-5-13)11-1-2-11/h11H,1-10H2. The molecule has 88 valence electrons. The van der Waals surface area contributed by atoms with Gasteiger partial charge in [-0.3, -0.25) is 9.80 Å². The molecule has 0 atom stereocenters. The molecule has 0 spiro atoms. The highest BCUT2D eigenvalue weighted by molar-refractivity contribution is 6.17. The number of nitrogens with zero attached hydrogens (tertiary/aromatic N) is 2. The van der Waals surface area contributed by atoms with E-state index < -0.39 is 0 Å². The lowest BCUT2D eigenvalue weighted by molar-refractivity contribution is 0.0791. The van der Waals surface area contributed by atoms with Gasteiger partial charge in [-0.2, -0.15) is 0 Å². The van der Waals surface area contributed by atoms with Gasteiger partial charge in [-0.25, -0.2) is 0 Å². The van der Waals surface area contributed by atoms with E-state index >= 15 is 0 Å². The molecule has 1 aliphatic carbocycles. The van der Waals surface area contributed by atoms with Crippen LogP contribution in [0, 0.1) is 0 Å². The minimum absolute atomic E-state index is 0.607. The van der Waals surface area contributed by atoms with Gasteiger partial charge in [0.25, 0.3) is 0 Å². The van der Waals surface area contributed by atoms with Gasteiger partial charge >= 0.3 is 0 Å². The Morgan fingerprint density at radius 2 is 1.80 bits per heavy atom. The molecule has 1 aliphatic heterocycles. The average Bonchev–Trinajstić information content (AvgIpc) is 3.09. The van der Waals surface area contributed by atoms with E-state index in [1.807, 2.05) is 0 Å². The Morgan fingerprint density at radius 3 is 2.40 bits per heavy atom. The van der Waals surface area contributed by atoms with Crippen LogP contribution in [0.3, 0.4) is 0 Å². The zero-order chi connectivity index (χ0) is 10.5. The minimum Gasteiger partial charge on any atom is -0.379 e. The summed E-state index contributed by atoms with van der Waals surface area (Å²) in [6.45, 7) is 7.50. The second-order valence-electron chi connectivity index (χ2n) is 4.41. The van der Waals surface area contributed by atoms with Crippen molar-refractivity contribution < 1.29 is 4.74 Å². The molecule has 3 nitrogen and oxygen atoms in total. The van der Waals surface area contributed by atoms with Gasteiger partial charge in [0.2, 0.25) is 0 Å². The van der Waals surface area contributed by atoms with Crippen LogP contribution in [0.4, 0.5) is 0 Å². The fraction of sp³-hybridized carbons (Fsp3) is 1.00. The average molecular weight is 233 g/mol. The highest BCUT2D eigenvalue weighted by Gasteiger charge is 2.30. The van der Waals surface area contributed by atoms with Gasteiger partial charge in [-0.15, -0.1) is 11.6 Å². The molecule has 4 heteroatoms. The van der Waals surface area contributed by atoms with Crippen LogP contribution in [-0.2, 0) is 4.74 Å². The Hall–Kier alpha value is 0.170. The molecule has 1 saturated carbocycles. The Kier molecular flexibility index (Phi) is 4.69. The van der Waals surface area contributed by atoms with E-state index in [1.165, 1.54) is 39.0 Å².